The maximum absolute atomic E-state index is 12.2. The predicted octanol–water partition coefficient (Wildman–Crippen LogP) is 3.71. The van der Waals surface area contributed by atoms with Gasteiger partial charge in [0.1, 0.15) is 5.88 Å². The van der Waals surface area contributed by atoms with Crippen LogP contribution >= 0.6 is 11.6 Å². The van der Waals surface area contributed by atoms with E-state index in [1.54, 1.807) is 0 Å². The van der Waals surface area contributed by atoms with Crippen LogP contribution in [-0.4, -0.2) is 23.2 Å². The van der Waals surface area contributed by atoms with Crippen LogP contribution in [0.1, 0.15) is 28.3 Å². The minimum Gasteiger partial charge on any atom is -0.330 e. The zero-order valence-corrected chi connectivity index (χ0v) is 12.8. The quantitative estimate of drug-likeness (QED) is 0.774. The minimum absolute atomic E-state index is 0.00301. The second-order valence-electron chi connectivity index (χ2n) is 5.48. The molecule has 1 unspecified atom stereocenters. The van der Waals surface area contributed by atoms with Gasteiger partial charge in [0, 0.05) is 6.54 Å². The largest absolute Gasteiger partial charge is 0.330 e. The maximum atomic E-state index is 12.2. The van der Waals surface area contributed by atoms with Crippen molar-refractivity contribution in [2.75, 3.05) is 12.4 Å². The van der Waals surface area contributed by atoms with Gasteiger partial charge < -0.3 is 4.90 Å². The van der Waals surface area contributed by atoms with Crippen LogP contribution in [0.25, 0.3) is 0 Å². The molecule has 0 saturated heterocycles. The van der Waals surface area contributed by atoms with Gasteiger partial charge in [-0.25, -0.2) is 0 Å². The molecule has 0 saturated carbocycles. The highest BCUT2D eigenvalue weighted by atomic mass is 35.5. The fourth-order valence-electron chi connectivity index (χ4n) is 3.02. The summed E-state index contributed by atoms with van der Waals surface area (Å²) in [4.78, 5) is 14.1. The fourth-order valence-corrected chi connectivity index (χ4v) is 3.17. The average Bonchev–Trinajstić information content (AvgIpc) is 2.54. The number of hydrogen-bond acceptors (Lipinski definition) is 1. The van der Waals surface area contributed by atoms with Crippen molar-refractivity contribution in [2.45, 2.75) is 19.4 Å². The molecule has 1 heterocycles. The van der Waals surface area contributed by atoms with Gasteiger partial charge in [-0.15, -0.1) is 11.6 Å². The van der Waals surface area contributed by atoms with Crippen molar-refractivity contribution in [3.8, 4) is 0 Å². The van der Waals surface area contributed by atoms with Crippen molar-refractivity contribution >= 4 is 17.5 Å². The third kappa shape index (κ3) is 2.68. The van der Waals surface area contributed by atoms with Crippen LogP contribution in [0, 0.1) is 6.92 Å². The molecule has 2 aromatic carbocycles. The number of fused-ring (bicyclic) bond motifs is 1. The van der Waals surface area contributed by atoms with Crippen LogP contribution in [0.2, 0.25) is 0 Å². The Hall–Kier alpha value is -1.80. The number of alkyl halides is 1. The Labute approximate surface area is 130 Å². The van der Waals surface area contributed by atoms with Crippen molar-refractivity contribution in [1.29, 1.82) is 0 Å². The Balaban J connectivity index is 2.09. The lowest BCUT2D eigenvalue weighted by molar-refractivity contribution is -0.130. The smallest absolute Gasteiger partial charge is 0.238 e. The summed E-state index contributed by atoms with van der Waals surface area (Å²) in [5, 5.41) is 0. The van der Waals surface area contributed by atoms with Crippen LogP contribution < -0.4 is 0 Å². The van der Waals surface area contributed by atoms with Gasteiger partial charge in [-0.3, -0.25) is 4.79 Å². The number of carbonyl (C=O) groups excluding carboxylic acids is 1. The van der Waals surface area contributed by atoms with Gasteiger partial charge in [0.05, 0.1) is 6.04 Å². The third-order valence-electron chi connectivity index (χ3n) is 4.11. The summed E-state index contributed by atoms with van der Waals surface area (Å²) in [7, 11) is 0. The zero-order valence-electron chi connectivity index (χ0n) is 12.1. The second-order valence-corrected chi connectivity index (χ2v) is 5.75. The van der Waals surface area contributed by atoms with E-state index in [2.05, 4.69) is 49.4 Å². The van der Waals surface area contributed by atoms with Crippen molar-refractivity contribution < 1.29 is 4.79 Å². The molecule has 0 radical (unpaired) electrons. The molecule has 1 atom stereocenters. The molecule has 0 aliphatic carbocycles. The SMILES string of the molecule is Cc1ccc(C2c3ccccc3CCN2C(=O)CCl)cc1. The average molecular weight is 300 g/mol. The van der Waals surface area contributed by atoms with Gasteiger partial charge in [-0.1, -0.05) is 54.1 Å². The molecule has 0 spiro atoms. The summed E-state index contributed by atoms with van der Waals surface area (Å²) in [6.45, 7) is 2.79. The lowest BCUT2D eigenvalue weighted by atomic mass is 9.88. The van der Waals surface area contributed by atoms with E-state index in [1.807, 2.05) is 11.0 Å². The Morgan fingerprint density at radius 3 is 2.62 bits per heavy atom. The number of benzene rings is 2. The molecular formula is C18H18ClNO. The molecule has 1 aliphatic rings. The number of nitrogens with zero attached hydrogens (tertiary/aromatic N) is 1. The van der Waals surface area contributed by atoms with E-state index < -0.39 is 0 Å². The number of aryl methyl sites for hydroxylation is 1. The minimum atomic E-state index is -0.0261. The first-order chi connectivity index (χ1) is 10.2. The van der Waals surface area contributed by atoms with E-state index in [0.717, 1.165) is 18.5 Å². The molecule has 0 bridgehead atoms. The number of hydrogen-bond donors (Lipinski definition) is 0. The molecule has 21 heavy (non-hydrogen) atoms. The van der Waals surface area contributed by atoms with Crippen LogP contribution in [0.3, 0.4) is 0 Å². The Bertz CT molecular complexity index is 651. The predicted molar refractivity (Wildman–Crippen MR) is 85.6 cm³/mol. The summed E-state index contributed by atoms with van der Waals surface area (Å²) in [5.74, 6) is 0.0293. The first-order valence-corrected chi connectivity index (χ1v) is 7.74. The molecule has 108 valence electrons. The van der Waals surface area contributed by atoms with Crippen molar-refractivity contribution in [3.63, 3.8) is 0 Å². The summed E-state index contributed by atoms with van der Waals surface area (Å²) in [5.41, 5.74) is 4.90. The number of amides is 1. The maximum Gasteiger partial charge on any atom is 0.238 e. The Kier molecular flexibility index (Phi) is 3.98. The van der Waals surface area contributed by atoms with E-state index in [0.29, 0.717) is 0 Å². The first kappa shape index (κ1) is 14.2. The third-order valence-corrected chi connectivity index (χ3v) is 4.34. The number of rotatable bonds is 2. The lowest BCUT2D eigenvalue weighted by Crippen LogP contribution is -2.41. The molecule has 0 fully saturated rings. The molecule has 3 rings (SSSR count). The second kappa shape index (κ2) is 5.90. The summed E-state index contributed by atoms with van der Waals surface area (Å²) in [6.07, 6.45) is 0.890. The standard InChI is InChI=1S/C18H18ClNO/c1-13-6-8-15(9-7-13)18-16-5-3-2-4-14(16)10-11-20(18)17(21)12-19/h2-9,18H,10-12H2,1H3. The van der Waals surface area contributed by atoms with E-state index >= 15 is 0 Å². The van der Waals surface area contributed by atoms with E-state index in [1.165, 1.54) is 16.7 Å². The lowest BCUT2D eigenvalue weighted by Gasteiger charge is -2.37. The normalized spacial score (nSPS) is 17.4. The van der Waals surface area contributed by atoms with Crippen molar-refractivity contribution in [1.82, 2.24) is 4.90 Å². The van der Waals surface area contributed by atoms with E-state index in [4.69, 9.17) is 11.6 Å². The van der Waals surface area contributed by atoms with Gasteiger partial charge in [-0.2, -0.15) is 0 Å². The monoisotopic (exact) mass is 299 g/mol. The van der Waals surface area contributed by atoms with E-state index in [9.17, 15) is 4.79 Å². The van der Waals surface area contributed by atoms with Crippen molar-refractivity contribution in [2.24, 2.45) is 0 Å². The highest BCUT2D eigenvalue weighted by molar-refractivity contribution is 6.27. The molecule has 1 aliphatic heterocycles. The first-order valence-electron chi connectivity index (χ1n) is 7.20. The van der Waals surface area contributed by atoms with E-state index in [-0.39, 0.29) is 17.8 Å². The number of carbonyl (C=O) groups is 1. The number of halogens is 1. The Morgan fingerprint density at radius 1 is 1.19 bits per heavy atom. The van der Waals surface area contributed by atoms with Gasteiger partial charge in [0.25, 0.3) is 0 Å². The molecule has 0 aromatic heterocycles. The highest BCUT2D eigenvalue weighted by Crippen LogP contribution is 2.35. The van der Waals surface area contributed by atoms with Gasteiger partial charge in [-0.05, 0) is 30.0 Å². The summed E-state index contributed by atoms with van der Waals surface area (Å²) < 4.78 is 0. The summed E-state index contributed by atoms with van der Waals surface area (Å²) in [6, 6.07) is 16.7. The molecule has 2 aromatic rings. The van der Waals surface area contributed by atoms with Gasteiger partial charge >= 0.3 is 0 Å². The molecule has 2 nitrogen and oxygen atoms in total. The van der Waals surface area contributed by atoms with Crippen molar-refractivity contribution in [3.05, 3.63) is 70.8 Å². The Morgan fingerprint density at radius 2 is 1.90 bits per heavy atom. The van der Waals surface area contributed by atoms with Crippen LogP contribution in [0.4, 0.5) is 0 Å². The summed E-state index contributed by atoms with van der Waals surface area (Å²) >= 11 is 5.80. The van der Waals surface area contributed by atoms with Gasteiger partial charge in [0.15, 0.2) is 0 Å². The van der Waals surface area contributed by atoms with Crippen LogP contribution in [-0.2, 0) is 11.2 Å². The topological polar surface area (TPSA) is 20.3 Å². The fraction of sp³-hybridized carbons (Fsp3) is 0.278. The van der Waals surface area contributed by atoms with Crippen LogP contribution in [0.15, 0.2) is 48.5 Å². The molecule has 3 heteroatoms. The molecular weight excluding hydrogens is 282 g/mol. The van der Waals surface area contributed by atoms with Gasteiger partial charge in [0.2, 0.25) is 5.91 Å². The molecule has 0 N–H and O–H groups in total. The zero-order chi connectivity index (χ0) is 14.8. The molecule has 1 amide bonds. The van der Waals surface area contributed by atoms with Crippen LogP contribution in [0.5, 0.6) is 0 Å². The highest BCUT2D eigenvalue weighted by Gasteiger charge is 2.31.